The van der Waals surface area contributed by atoms with Crippen LogP contribution in [0, 0.1) is 5.92 Å². The zero-order valence-corrected chi connectivity index (χ0v) is 17.0. The van der Waals surface area contributed by atoms with Crippen molar-refractivity contribution in [1.82, 2.24) is 0 Å². The fourth-order valence-electron chi connectivity index (χ4n) is 1.84. The van der Waals surface area contributed by atoms with Crippen LogP contribution in [0.5, 0.6) is 5.75 Å². The van der Waals surface area contributed by atoms with Crippen LogP contribution in [0.2, 0.25) is 18.1 Å². The summed E-state index contributed by atoms with van der Waals surface area (Å²) in [6.07, 6.45) is 0.992. The molecule has 1 aromatic carbocycles. The number of ether oxygens (including phenoxy) is 1. The van der Waals surface area contributed by atoms with Crippen LogP contribution in [0.3, 0.4) is 0 Å². The molecule has 0 radical (unpaired) electrons. The van der Waals surface area contributed by atoms with Gasteiger partial charge in [-0.2, -0.15) is 0 Å². The third-order valence-electron chi connectivity index (χ3n) is 4.36. The SMILES string of the molecule is COc1ccc(Br)c(CC(C)CO[Si](C)(C)C(C)(C)C)c1. The Hall–Kier alpha value is -0.323. The first-order chi connectivity index (χ1) is 9.56. The second kappa shape index (κ2) is 7.29. The summed E-state index contributed by atoms with van der Waals surface area (Å²) < 4.78 is 12.8. The predicted molar refractivity (Wildman–Crippen MR) is 96.7 cm³/mol. The van der Waals surface area contributed by atoms with Crippen molar-refractivity contribution >= 4 is 24.2 Å². The molecule has 1 aromatic rings. The lowest BCUT2D eigenvalue weighted by Gasteiger charge is -2.37. The van der Waals surface area contributed by atoms with E-state index in [4.69, 9.17) is 9.16 Å². The van der Waals surface area contributed by atoms with E-state index in [-0.39, 0.29) is 5.04 Å². The summed E-state index contributed by atoms with van der Waals surface area (Å²) in [6, 6.07) is 6.13. The first-order valence-electron chi connectivity index (χ1n) is 7.53. The Kier molecular flexibility index (Phi) is 6.50. The highest BCUT2D eigenvalue weighted by Gasteiger charge is 2.37. The molecular weight excluding hydrogens is 344 g/mol. The van der Waals surface area contributed by atoms with Crippen LogP contribution < -0.4 is 4.74 Å². The fourth-order valence-corrected chi connectivity index (χ4v) is 3.38. The molecule has 1 rings (SSSR count). The molecule has 4 heteroatoms. The highest BCUT2D eigenvalue weighted by atomic mass is 79.9. The zero-order valence-electron chi connectivity index (χ0n) is 14.4. The summed E-state index contributed by atoms with van der Waals surface area (Å²) in [5.74, 6) is 1.40. The van der Waals surface area contributed by atoms with Crippen molar-refractivity contribution in [3.05, 3.63) is 28.2 Å². The third-order valence-corrected chi connectivity index (χ3v) is 9.63. The van der Waals surface area contributed by atoms with Crippen LogP contribution in [0.1, 0.15) is 33.3 Å². The second-order valence-corrected chi connectivity index (χ2v) is 13.0. The van der Waals surface area contributed by atoms with E-state index in [1.54, 1.807) is 7.11 Å². The molecule has 120 valence electrons. The van der Waals surface area contributed by atoms with Crippen LogP contribution in [-0.2, 0) is 10.8 Å². The van der Waals surface area contributed by atoms with Gasteiger partial charge in [-0.15, -0.1) is 0 Å². The third kappa shape index (κ3) is 5.42. The van der Waals surface area contributed by atoms with Gasteiger partial charge in [-0.1, -0.05) is 43.6 Å². The quantitative estimate of drug-likeness (QED) is 0.599. The minimum absolute atomic E-state index is 0.267. The van der Waals surface area contributed by atoms with Crippen LogP contribution in [0.15, 0.2) is 22.7 Å². The normalized spacial score (nSPS) is 14.1. The van der Waals surface area contributed by atoms with Crippen molar-refractivity contribution in [3.8, 4) is 5.75 Å². The van der Waals surface area contributed by atoms with Gasteiger partial charge in [-0.3, -0.25) is 0 Å². The molecular formula is C17H29BrO2Si. The summed E-state index contributed by atoms with van der Waals surface area (Å²) in [4.78, 5) is 0. The summed E-state index contributed by atoms with van der Waals surface area (Å²) in [6.45, 7) is 14.5. The Morgan fingerprint density at radius 1 is 1.24 bits per heavy atom. The molecule has 0 aliphatic rings. The number of rotatable bonds is 6. The number of hydrogen-bond donors (Lipinski definition) is 0. The molecule has 0 aliphatic carbocycles. The Labute approximate surface area is 139 Å². The van der Waals surface area contributed by atoms with E-state index in [1.165, 1.54) is 5.56 Å². The summed E-state index contributed by atoms with van der Waals surface area (Å²) >= 11 is 3.62. The van der Waals surface area contributed by atoms with Crippen LogP contribution in [0.25, 0.3) is 0 Å². The van der Waals surface area contributed by atoms with Crippen molar-refractivity contribution in [3.63, 3.8) is 0 Å². The van der Waals surface area contributed by atoms with Gasteiger partial charge in [0.1, 0.15) is 5.75 Å². The second-order valence-electron chi connectivity index (χ2n) is 7.34. The van der Waals surface area contributed by atoms with E-state index in [0.29, 0.717) is 5.92 Å². The summed E-state index contributed by atoms with van der Waals surface area (Å²) in [7, 11) is 0.0527. The largest absolute Gasteiger partial charge is 0.497 e. The van der Waals surface area contributed by atoms with Gasteiger partial charge in [0.15, 0.2) is 8.32 Å². The van der Waals surface area contributed by atoms with Crippen LogP contribution >= 0.6 is 15.9 Å². The maximum absolute atomic E-state index is 6.32. The Bertz CT molecular complexity index is 466. The van der Waals surface area contributed by atoms with Crippen molar-refractivity contribution in [2.45, 2.75) is 52.2 Å². The molecule has 1 atom stereocenters. The van der Waals surface area contributed by atoms with E-state index in [9.17, 15) is 0 Å². The standard InChI is InChI=1S/C17H29BrO2Si/c1-13(12-20-21(6,7)17(2,3)4)10-14-11-15(19-5)8-9-16(14)18/h8-9,11,13H,10,12H2,1-7H3. The molecule has 0 aromatic heterocycles. The number of benzene rings is 1. The van der Waals surface area contributed by atoms with Crippen molar-refractivity contribution in [2.24, 2.45) is 5.92 Å². The van der Waals surface area contributed by atoms with E-state index in [1.807, 2.05) is 6.07 Å². The van der Waals surface area contributed by atoms with Gasteiger partial charge in [0.2, 0.25) is 0 Å². The first kappa shape index (κ1) is 18.7. The van der Waals surface area contributed by atoms with Gasteiger partial charge in [0.25, 0.3) is 0 Å². The molecule has 0 fully saturated rings. The maximum atomic E-state index is 6.32. The Morgan fingerprint density at radius 2 is 1.86 bits per heavy atom. The molecule has 2 nitrogen and oxygen atoms in total. The number of halogens is 1. The van der Waals surface area contributed by atoms with Crippen molar-refractivity contribution < 1.29 is 9.16 Å². The highest BCUT2D eigenvalue weighted by molar-refractivity contribution is 9.10. The predicted octanol–water partition coefficient (Wildman–Crippen LogP) is 5.66. The molecule has 0 bridgehead atoms. The van der Waals surface area contributed by atoms with E-state index in [2.05, 4.69) is 68.9 Å². The molecule has 0 aliphatic heterocycles. The monoisotopic (exact) mass is 372 g/mol. The lowest BCUT2D eigenvalue weighted by molar-refractivity contribution is 0.237. The minimum Gasteiger partial charge on any atom is -0.497 e. The Balaban J connectivity index is 2.64. The van der Waals surface area contributed by atoms with Crippen molar-refractivity contribution in [1.29, 1.82) is 0 Å². The molecule has 1 unspecified atom stereocenters. The van der Waals surface area contributed by atoms with Gasteiger partial charge in [-0.05, 0) is 54.2 Å². The average Bonchev–Trinajstić information content (AvgIpc) is 2.38. The highest BCUT2D eigenvalue weighted by Crippen LogP contribution is 2.37. The van der Waals surface area contributed by atoms with Crippen LogP contribution in [0.4, 0.5) is 0 Å². The summed E-state index contributed by atoms with van der Waals surface area (Å²) in [5.41, 5.74) is 1.28. The molecule has 0 heterocycles. The van der Waals surface area contributed by atoms with Crippen molar-refractivity contribution in [2.75, 3.05) is 13.7 Å². The minimum atomic E-state index is -1.65. The molecule has 0 N–H and O–H groups in total. The van der Waals surface area contributed by atoms with Gasteiger partial charge in [-0.25, -0.2) is 0 Å². The average molecular weight is 373 g/mol. The fraction of sp³-hybridized carbons (Fsp3) is 0.647. The molecule has 0 spiro atoms. The Morgan fingerprint density at radius 3 is 2.38 bits per heavy atom. The molecule has 0 amide bonds. The first-order valence-corrected chi connectivity index (χ1v) is 11.2. The zero-order chi connectivity index (χ0) is 16.3. The topological polar surface area (TPSA) is 18.5 Å². The van der Waals surface area contributed by atoms with Gasteiger partial charge < -0.3 is 9.16 Å². The molecule has 0 saturated carbocycles. The number of methoxy groups -OCH3 is 1. The number of hydrogen-bond acceptors (Lipinski definition) is 2. The molecule has 0 saturated heterocycles. The lowest BCUT2D eigenvalue weighted by Crippen LogP contribution is -2.41. The van der Waals surface area contributed by atoms with Crippen LogP contribution in [-0.4, -0.2) is 22.0 Å². The smallest absolute Gasteiger partial charge is 0.191 e. The van der Waals surface area contributed by atoms with E-state index < -0.39 is 8.32 Å². The van der Waals surface area contributed by atoms with E-state index >= 15 is 0 Å². The maximum Gasteiger partial charge on any atom is 0.191 e. The lowest BCUT2D eigenvalue weighted by atomic mass is 10.0. The van der Waals surface area contributed by atoms with Gasteiger partial charge >= 0.3 is 0 Å². The molecule has 21 heavy (non-hydrogen) atoms. The van der Waals surface area contributed by atoms with Gasteiger partial charge in [0, 0.05) is 11.1 Å². The summed E-state index contributed by atoms with van der Waals surface area (Å²) in [5, 5.41) is 0.267. The van der Waals surface area contributed by atoms with Gasteiger partial charge in [0.05, 0.1) is 7.11 Å². The van der Waals surface area contributed by atoms with E-state index in [0.717, 1.165) is 23.2 Å².